The Balaban J connectivity index is 1.62. The van der Waals surface area contributed by atoms with Crippen LogP contribution in [0, 0.1) is 5.92 Å². The third kappa shape index (κ3) is 3.60. The van der Waals surface area contributed by atoms with Gasteiger partial charge in [-0.05, 0) is 25.7 Å². The van der Waals surface area contributed by atoms with Crippen molar-refractivity contribution in [1.82, 2.24) is 15.5 Å². The number of urea groups is 1. The molecular formula is C13H25N3O. The Morgan fingerprint density at radius 1 is 1.41 bits per heavy atom. The lowest BCUT2D eigenvalue weighted by atomic mass is 9.84. The van der Waals surface area contributed by atoms with Crippen LogP contribution in [-0.2, 0) is 0 Å². The molecule has 4 nitrogen and oxygen atoms in total. The molecule has 0 radical (unpaired) electrons. The zero-order valence-electron chi connectivity index (χ0n) is 10.9. The molecule has 2 aliphatic rings. The van der Waals surface area contributed by atoms with Crippen LogP contribution in [0.5, 0.6) is 0 Å². The molecule has 4 heteroatoms. The third-order valence-electron chi connectivity index (χ3n) is 4.15. The van der Waals surface area contributed by atoms with Gasteiger partial charge in [-0.3, -0.25) is 0 Å². The predicted octanol–water partition coefficient (Wildman–Crippen LogP) is 1.57. The van der Waals surface area contributed by atoms with Crippen molar-refractivity contribution in [3.8, 4) is 0 Å². The zero-order chi connectivity index (χ0) is 12.1. The van der Waals surface area contributed by atoms with Crippen molar-refractivity contribution in [3.05, 3.63) is 0 Å². The Morgan fingerprint density at radius 2 is 2.18 bits per heavy atom. The molecule has 0 bridgehead atoms. The van der Waals surface area contributed by atoms with Crippen LogP contribution in [0.25, 0.3) is 0 Å². The van der Waals surface area contributed by atoms with Crippen LogP contribution < -0.4 is 10.6 Å². The van der Waals surface area contributed by atoms with Crippen molar-refractivity contribution in [3.63, 3.8) is 0 Å². The molecule has 1 heterocycles. The molecule has 2 fully saturated rings. The number of rotatable bonds is 5. The number of hydrogen-bond donors (Lipinski definition) is 2. The molecule has 98 valence electrons. The van der Waals surface area contributed by atoms with Crippen LogP contribution in [0.15, 0.2) is 0 Å². The normalized spacial score (nSPS) is 23.8. The Morgan fingerprint density at radius 3 is 2.82 bits per heavy atom. The fourth-order valence-electron chi connectivity index (χ4n) is 2.95. The molecule has 1 atom stereocenters. The number of nitrogens with one attached hydrogen (secondary N) is 2. The van der Waals surface area contributed by atoms with E-state index in [0.717, 1.165) is 32.1 Å². The van der Waals surface area contributed by atoms with Crippen LogP contribution in [0.3, 0.4) is 0 Å². The Kier molecular flexibility index (Phi) is 4.66. The third-order valence-corrected chi connectivity index (χ3v) is 4.15. The molecule has 2 N–H and O–H groups in total. The highest BCUT2D eigenvalue weighted by Gasteiger charge is 2.21. The van der Waals surface area contributed by atoms with Crippen LogP contribution in [0.4, 0.5) is 4.79 Å². The fourth-order valence-corrected chi connectivity index (χ4v) is 2.95. The number of nitrogens with zero attached hydrogens (tertiary/aromatic N) is 1. The first kappa shape index (κ1) is 12.7. The Hall–Kier alpha value is -0.770. The zero-order valence-corrected chi connectivity index (χ0v) is 10.9. The van der Waals surface area contributed by atoms with Gasteiger partial charge in [-0.1, -0.05) is 19.3 Å². The van der Waals surface area contributed by atoms with E-state index in [9.17, 15) is 4.79 Å². The van der Waals surface area contributed by atoms with Crippen molar-refractivity contribution in [2.24, 2.45) is 5.92 Å². The van der Waals surface area contributed by atoms with Crippen LogP contribution in [0.1, 0.15) is 39.0 Å². The summed E-state index contributed by atoms with van der Waals surface area (Å²) in [6, 6.07) is 0.693. The number of amides is 2. The van der Waals surface area contributed by atoms with E-state index in [2.05, 4.69) is 17.6 Å². The summed E-state index contributed by atoms with van der Waals surface area (Å²) in [5.41, 5.74) is 0. The molecule has 1 unspecified atom stereocenters. The summed E-state index contributed by atoms with van der Waals surface area (Å²) < 4.78 is 0. The number of hydrogen-bond acceptors (Lipinski definition) is 2. The molecule has 1 saturated carbocycles. The summed E-state index contributed by atoms with van der Waals surface area (Å²) in [5.74, 6) is 0.844. The molecule has 0 aromatic rings. The Labute approximate surface area is 104 Å². The molecule has 0 aromatic heterocycles. The minimum atomic E-state index is 0.0946. The summed E-state index contributed by atoms with van der Waals surface area (Å²) in [5, 5.41) is 6.41. The predicted molar refractivity (Wildman–Crippen MR) is 69.0 cm³/mol. The van der Waals surface area contributed by atoms with E-state index >= 15 is 0 Å². The highest BCUT2D eigenvalue weighted by atomic mass is 16.2. The average molecular weight is 239 g/mol. The minimum Gasteiger partial charge on any atom is -0.336 e. The molecule has 1 aliphatic heterocycles. The number of carbonyl (C=O) groups excluding carboxylic acids is 1. The van der Waals surface area contributed by atoms with Crippen LogP contribution >= 0.6 is 0 Å². The summed E-state index contributed by atoms with van der Waals surface area (Å²) in [6.45, 7) is 5.71. The summed E-state index contributed by atoms with van der Waals surface area (Å²) >= 11 is 0. The highest BCUT2D eigenvalue weighted by Crippen LogP contribution is 2.26. The van der Waals surface area contributed by atoms with Gasteiger partial charge in [0.05, 0.1) is 0 Å². The first-order chi connectivity index (χ1) is 8.27. The van der Waals surface area contributed by atoms with Gasteiger partial charge in [0, 0.05) is 32.2 Å². The average Bonchev–Trinajstić information content (AvgIpc) is 2.76. The number of carbonyl (C=O) groups is 1. The monoisotopic (exact) mass is 239 g/mol. The molecule has 0 spiro atoms. The lowest BCUT2D eigenvalue weighted by Crippen LogP contribution is -2.40. The van der Waals surface area contributed by atoms with Gasteiger partial charge in [-0.2, -0.15) is 0 Å². The second-order valence-corrected chi connectivity index (χ2v) is 5.36. The van der Waals surface area contributed by atoms with Gasteiger partial charge in [0.25, 0.3) is 0 Å². The lowest BCUT2D eigenvalue weighted by molar-refractivity contribution is 0.214. The SMILES string of the molecule is CC(NCCN1CCNC1=O)C1CCCCC1. The largest absolute Gasteiger partial charge is 0.336 e. The summed E-state index contributed by atoms with van der Waals surface area (Å²) in [6.07, 6.45) is 6.95. The molecule has 1 aliphatic carbocycles. The van der Waals surface area contributed by atoms with Gasteiger partial charge in [-0.15, -0.1) is 0 Å². The Bertz CT molecular complexity index is 251. The van der Waals surface area contributed by atoms with E-state index in [1.165, 1.54) is 32.1 Å². The molecule has 0 aromatic carbocycles. The van der Waals surface area contributed by atoms with Crippen LogP contribution in [-0.4, -0.2) is 43.2 Å². The van der Waals surface area contributed by atoms with Gasteiger partial charge >= 0.3 is 6.03 Å². The van der Waals surface area contributed by atoms with E-state index in [4.69, 9.17) is 0 Å². The second-order valence-electron chi connectivity index (χ2n) is 5.36. The van der Waals surface area contributed by atoms with E-state index in [1.54, 1.807) is 0 Å². The van der Waals surface area contributed by atoms with E-state index < -0.39 is 0 Å². The molecule has 2 rings (SSSR count). The maximum absolute atomic E-state index is 11.3. The summed E-state index contributed by atoms with van der Waals surface area (Å²) in [7, 11) is 0. The van der Waals surface area contributed by atoms with Gasteiger partial charge in [0.15, 0.2) is 0 Å². The highest BCUT2D eigenvalue weighted by molar-refractivity contribution is 5.76. The molecule has 2 amide bonds. The van der Waals surface area contributed by atoms with Crippen LogP contribution in [0.2, 0.25) is 0 Å². The maximum atomic E-state index is 11.3. The van der Waals surface area contributed by atoms with Crippen molar-refractivity contribution >= 4 is 6.03 Å². The van der Waals surface area contributed by atoms with Crippen molar-refractivity contribution < 1.29 is 4.79 Å². The van der Waals surface area contributed by atoms with E-state index in [1.807, 2.05) is 4.90 Å². The quantitative estimate of drug-likeness (QED) is 0.765. The molecular weight excluding hydrogens is 214 g/mol. The molecule has 17 heavy (non-hydrogen) atoms. The fraction of sp³-hybridized carbons (Fsp3) is 0.923. The topological polar surface area (TPSA) is 44.4 Å². The smallest absolute Gasteiger partial charge is 0.317 e. The van der Waals surface area contributed by atoms with Crippen molar-refractivity contribution in [1.29, 1.82) is 0 Å². The van der Waals surface area contributed by atoms with Crippen molar-refractivity contribution in [2.75, 3.05) is 26.2 Å². The van der Waals surface area contributed by atoms with E-state index in [0.29, 0.717) is 6.04 Å². The van der Waals surface area contributed by atoms with Gasteiger partial charge in [0.2, 0.25) is 0 Å². The van der Waals surface area contributed by atoms with Gasteiger partial charge in [0.1, 0.15) is 0 Å². The van der Waals surface area contributed by atoms with E-state index in [-0.39, 0.29) is 6.03 Å². The maximum Gasteiger partial charge on any atom is 0.317 e. The first-order valence-corrected chi connectivity index (χ1v) is 7.03. The lowest BCUT2D eigenvalue weighted by Gasteiger charge is -2.29. The summed E-state index contributed by atoms with van der Waals surface area (Å²) in [4.78, 5) is 13.2. The first-order valence-electron chi connectivity index (χ1n) is 7.03. The second kappa shape index (κ2) is 6.24. The minimum absolute atomic E-state index is 0.0946. The van der Waals surface area contributed by atoms with Gasteiger partial charge in [-0.25, -0.2) is 4.79 Å². The standard InChI is InChI=1S/C13H25N3O/c1-11(12-5-3-2-4-6-12)14-7-9-16-10-8-15-13(16)17/h11-12,14H,2-10H2,1H3,(H,15,17). The van der Waals surface area contributed by atoms with Gasteiger partial charge < -0.3 is 15.5 Å². The van der Waals surface area contributed by atoms with Crippen molar-refractivity contribution in [2.45, 2.75) is 45.1 Å². The molecule has 1 saturated heterocycles.